The van der Waals surface area contributed by atoms with Crippen LogP contribution in [0.3, 0.4) is 0 Å². The first-order chi connectivity index (χ1) is 0. The van der Waals surface area contributed by atoms with E-state index in [9.17, 15) is 0 Å². The van der Waals surface area contributed by atoms with Crippen molar-refractivity contribution in [1.82, 2.24) is 36.9 Å². The molecule has 7 heteroatoms. The molecule has 0 bridgehead atoms. The van der Waals surface area contributed by atoms with Gasteiger partial charge in [0.1, 0.15) is 0 Å². The smallest absolute Gasteiger partial charge is 0 e. The van der Waals surface area contributed by atoms with Crippen LogP contribution in [-0.2, 0) is 19.8 Å². The van der Waals surface area contributed by atoms with Crippen LogP contribution in [0.5, 0.6) is 0 Å². The van der Waals surface area contributed by atoms with Gasteiger partial charge in [0.2, 0.25) is 0 Å². The Balaban J connectivity index is 0. The van der Waals surface area contributed by atoms with Crippen LogP contribution >= 0.6 is 0 Å². The quantitative estimate of drug-likeness (QED) is 0.439. The van der Waals surface area contributed by atoms with Crippen molar-refractivity contribution in [2.75, 3.05) is 0 Å². The van der Waals surface area contributed by atoms with Gasteiger partial charge in [-0.05, 0) is 0 Å². The zero-order chi connectivity index (χ0) is 0. The third kappa shape index (κ3) is 787. The van der Waals surface area contributed by atoms with E-state index in [2.05, 4.69) is 0 Å². The van der Waals surface area contributed by atoms with Gasteiger partial charge < -0.3 is 0 Å². The second-order valence-corrected chi connectivity index (χ2v) is 0. The Kier molecular flexibility index (Phi) is 326000. The molecule has 0 fully saturated rings. The van der Waals surface area contributed by atoms with E-state index in [-0.39, 0.29) is 56.7 Å². The van der Waals surface area contributed by atoms with Crippen molar-refractivity contribution in [3.05, 3.63) is 0 Å². The van der Waals surface area contributed by atoms with Gasteiger partial charge in [0.25, 0.3) is 0 Å². The van der Waals surface area contributed by atoms with Crippen LogP contribution in [0, 0.1) is 0 Å². The summed E-state index contributed by atoms with van der Waals surface area (Å²) in [6.07, 6.45) is 0. The fourth-order valence-electron chi connectivity index (χ4n) is 0. The molecule has 6 nitrogen and oxygen atoms in total. The Morgan fingerprint density at radius 3 is 0.286 bits per heavy atom. The van der Waals surface area contributed by atoms with E-state index >= 15 is 0 Å². The summed E-state index contributed by atoms with van der Waals surface area (Å²) >= 11 is 0. The van der Waals surface area contributed by atoms with Crippen molar-refractivity contribution < 1.29 is 19.8 Å². The largest absolute Gasteiger partial charge is 0 e. The molecule has 0 aromatic carbocycles. The van der Waals surface area contributed by atoms with Crippen molar-refractivity contribution >= 4 is 0 Å². The molecule has 0 amide bonds. The van der Waals surface area contributed by atoms with E-state index in [1.54, 1.807) is 0 Å². The normalized spacial score (nSPS) is 0. The van der Waals surface area contributed by atoms with Gasteiger partial charge in [-0.25, -0.2) is 0 Å². The van der Waals surface area contributed by atoms with Crippen LogP contribution in [0.25, 0.3) is 0 Å². The average Bonchev–Trinajstić information content (AvgIpc) is 0. The fourth-order valence-corrected chi connectivity index (χ4v) is 0. The summed E-state index contributed by atoms with van der Waals surface area (Å²) in [5.74, 6) is 0. The van der Waals surface area contributed by atoms with Gasteiger partial charge >= 0.3 is 0 Å². The maximum Gasteiger partial charge on any atom is 0 e. The van der Waals surface area contributed by atoms with Gasteiger partial charge in [-0.2, -0.15) is 0 Å². The molecule has 0 atom stereocenters. The fraction of sp³-hybridized carbons (Fsp3) is 0. The Bertz CT molecular complexity index is 4.14. The standard InChI is InChI=1S/6N.Os. The van der Waals surface area contributed by atoms with Crippen LogP contribution in [0.1, 0.15) is 0 Å². The molecule has 0 aliphatic carbocycles. The van der Waals surface area contributed by atoms with E-state index < -0.39 is 0 Å². The van der Waals surface area contributed by atoms with Crippen molar-refractivity contribution in [1.29, 1.82) is 0 Å². The zero-order valence-electron chi connectivity index (χ0n) is 3.04. The van der Waals surface area contributed by atoms with Crippen LogP contribution in [0.4, 0.5) is 0 Å². The molecule has 18 radical (unpaired) electrons. The average molecular weight is 274 g/mol. The second-order valence-electron chi connectivity index (χ2n) is 0. The summed E-state index contributed by atoms with van der Waals surface area (Å²) in [4.78, 5) is 0. The van der Waals surface area contributed by atoms with Gasteiger partial charge in [-0.1, -0.05) is 0 Å². The molecule has 0 unspecified atom stereocenters. The van der Waals surface area contributed by atoms with E-state index in [1.165, 1.54) is 0 Å². The monoisotopic (exact) mass is 276 g/mol. The van der Waals surface area contributed by atoms with E-state index in [1.807, 2.05) is 0 Å². The maximum absolute atomic E-state index is 0. The molecule has 0 saturated heterocycles. The first kappa shape index (κ1) is 1930. The third-order valence-corrected chi connectivity index (χ3v) is 0. The molecular weight excluding hydrogens is 274 g/mol. The number of rotatable bonds is 0. The van der Waals surface area contributed by atoms with E-state index in [0.717, 1.165) is 0 Å². The minimum Gasteiger partial charge on any atom is 0 e. The summed E-state index contributed by atoms with van der Waals surface area (Å²) in [7, 11) is 0. The number of hydrogen-bond acceptors (Lipinski definition) is 0. The molecule has 0 rings (SSSR count). The van der Waals surface area contributed by atoms with Crippen molar-refractivity contribution in [3.8, 4) is 0 Å². The molecule has 0 aliphatic rings. The van der Waals surface area contributed by atoms with Crippen molar-refractivity contribution in [2.24, 2.45) is 0 Å². The molecule has 0 aromatic rings. The molecule has 0 aliphatic heterocycles. The Morgan fingerprint density at radius 1 is 0.286 bits per heavy atom. The molecule has 0 N–H and O–H groups in total. The van der Waals surface area contributed by atoms with Crippen LogP contribution in [0.15, 0.2) is 0 Å². The molecule has 0 aromatic heterocycles. The van der Waals surface area contributed by atoms with Crippen LogP contribution < -0.4 is 36.9 Å². The molecule has 0 heterocycles. The molecule has 38 valence electrons. The van der Waals surface area contributed by atoms with Crippen molar-refractivity contribution in [3.63, 3.8) is 0 Å². The topological polar surface area (TPSA) is 183 Å². The molecule has 7 heavy (non-hydrogen) atoms. The van der Waals surface area contributed by atoms with Gasteiger partial charge in [-0.3, -0.25) is 0 Å². The van der Waals surface area contributed by atoms with Gasteiger partial charge in [-0.15, -0.1) is 0 Å². The Morgan fingerprint density at radius 2 is 0.286 bits per heavy atom. The zero-order valence-corrected chi connectivity index (χ0v) is 5.58. The minimum absolute atomic E-state index is 0. The number of hydrogen-bond donors (Lipinski definition) is 0. The predicted molar refractivity (Wildman–Crippen MR) is 12.8 cm³/mol. The SMILES string of the molecule is [N].[N].[N].[N].[N].[N].[Os]. The summed E-state index contributed by atoms with van der Waals surface area (Å²) in [6, 6.07) is 0. The first-order valence-corrected chi connectivity index (χ1v) is 0. The first-order valence-electron chi connectivity index (χ1n) is 0. The summed E-state index contributed by atoms with van der Waals surface area (Å²) in [5, 5.41) is 0. The van der Waals surface area contributed by atoms with Gasteiger partial charge in [0.15, 0.2) is 0 Å². The maximum atomic E-state index is 0. The summed E-state index contributed by atoms with van der Waals surface area (Å²) < 4.78 is 0. The predicted octanol–water partition coefficient (Wildman–Crippen LogP) is -2.89. The van der Waals surface area contributed by atoms with Crippen LogP contribution in [0.2, 0.25) is 0 Å². The third-order valence-electron chi connectivity index (χ3n) is 0. The number of nitrogens with zero attached hydrogens (tertiary/aromatic N) is 6. The Labute approximate surface area is 57.4 Å². The molecule has 0 saturated carbocycles. The Hall–Kier alpha value is 0.396. The van der Waals surface area contributed by atoms with Crippen LogP contribution in [-0.4, -0.2) is 0 Å². The van der Waals surface area contributed by atoms with Gasteiger partial charge in [0, 0.05) is 56.7 Å². The second kappa shape index (κ2) is 1190. The van der Waals surface area contributed by atoms with E-state index in [4.69, 9.17) is 0 Å². The van der Waals surface area contributed by atoms with E-state index in [0.29, 0.717) is 0 Å². The van der Waals surface area contributed by atoms with Gasteiger partial charge in [0.05, 0.1) is 0 Å². The molecule has 0 spiro atoms. The minimum atomic E-state index is 0. The summed E-state index contributed by atoms with van der Waals surface area (Å²) in [5.41, 5.74) is 0. The molecular formula is N6Os. The summed E-state index contributed by atoms with van der Waals surface area (Å²) in [6.45, 7) is 0. The van der Waals surface area contributed by atoms with Crippen molar-refractivity contribution in [2.45, 2.75) is 0 Å².